The van der Waals surface area contributed by atoms with Gasteiger partial charge in [-0.25, -0.2) is 4.98 Å². The molecule has 146 valence electrons. The summed E-state index contributed by atoms with van der Waals surface area (Å²) in [4.78, 5) is 21.2. The molecule has 6 heteroatoms. The van der Waals surface area contributed by atoms with Crippen LogP contribution in [0, 0.1) is 13.8 Å². The normalized spacial score (nSPS) is 19.5. The number of aromatic nitrogens is 3. The van der Waals surface area contributed by atoms with Crippen LogP contribution in [0.3, 0.4) is 0 Å². The molecule has 0 saturated heterocycles. The Kier molecular flexibility index (Phi) is 5.28. The predicted molar refractivity (Wildman–Crippen MR) is 107 cm³/mol. The summed E-state index contributed by atoms with van der Waals surface area (Å²) in [5.41, 5.74) is 3.85. The minimum atomic E-state index is 0.0516. The number of ether oxygens (including phenoxy) is 1. The highest BCUT2D eigenvalue weighted by atomic mass is 16.5. The maximum Gasteiger partial charge on any atom is 0.226 e. The summed E-state index contributed by atoms with van der Waals surface area (Å²) in [5, 5.41) is 3.18. The van der Waals surface area contributed by atoms with Gasteiger partial charge in [0.15, 0.2) is 0 Å². The highest BCUT2D eigenvalue weighted by Gasteiger charge is 2.24. The topological polar surface area (TPSA) is 68.5 Å². The maximum atomic E-state index is 12.5. The molecule has 1 amide bonds. The molecule has 1 N–H and O–H groups in total. The van der Waals surface area contributed by atoms with E-state index in [9.17, 15) is 4.79 Å². The number of rotatable bonds is 5. The highest BCUT2D eigenvalue weighted by molar-refractivity contribution is 5.78. The zero-order valence-corrected chi connectivity index (χ0v) is 16.4. The second-order valence-corrected chi connectivity index (χ2v) is 7.56. The number of pyridine rings is 2. The molecule has 3 aromatic heterocycles. The number of nitrogens with zero attached hydrogens (tertiary/aromatic N) is 3. The van der Waals surface area contributed by atoms with E-state index in [4.69, 9.17) is 4.74 Å². The summed E-state index contributed by atoms with van der Waals surface area (Å²) < 4.78 is 8.09. The number of carbonyl (C=O) groups is 1. The first kappa shape index (κ1) is 18.5. The van der Waals surface area contributed by atoms with E-state index in [0.717, 1.165) is 54.0 Å². The molecular formula is C22H26N4O2. The van der Waals surface area contributed by atoms with Gasteiger partial charge in [0.2, 0.25) is 5.91 Å². The number of amides is 1. The lowest BCUT2D eigenvalue weighted by Gasteiger charge is -2.29. The average Bonchev–Trinajstić information content (AvgIpc) is 3.09. The van der Waals surface area contributed by atoms with Crippen molar-refractivity contribution in [3.8, 4) is 5.75 Å². The third-order valence-electron chi connectivity index (χ3n) is 5.44. The van der Waals surface area contributed by atoms with Crippen molar-refractivity contribution in [3.05, 3.63) is 59.8 Å². The van der Waals surface area contributed by atoms with Crippen LogP contribution in [0.4, 0.5) is 0 Å². The lowest BCUT2D eigenvalue weighted by atomic mass is 9.92. The minimum absolute atomic E-state index is 0.0516. The second kappa shape index (κ2) is 8.00. The zero-order valence-electron chi connectivity index (χ0n) is 16.4. The first-order valence-corrected chi connectivity index (χ1v) is 9.89. The number of fused-ring (bicyclic) bond motifs is 1. The van der Waals surface area contributed by atoms with E-state index >= 15 is 0 Å². The van der Waals surface area contributed by atoms with Crippen LogP contribution in [-0.2, 0) is 11.2 Å². The average molecular weight is 378 g/mol. The van der Waals surface area contributed by atoms with Crippen molar-refractivity contribution in [2.24, 2.45) is 0 Å². The molecule has 3 aromatic rings. The fraction of sp³-hybridized carbons (Fsp3) is 0.409. The molecule has 28 heavy (non-hydrogen) atoms. The van der Waals surface area contributed by atoms with E-state index in [1.54, 1.807) is 12.4 Å². The summed E-state index contributed by atoms with van der Waals surface area (Å²) in [6, 6.07) is 8.09. The molecule has 1 fully saturated rings. The minimum Gasteiger partial charge on any atom is -0.489 e. The first-order chi connectivity index (χ1) is 13.6. The van der Waals surface area contributed by atoms with Gasteiger partial charge in [-0.1, -0.05) is 6.07 Å². The van der Waals surface area contributed by atoms with Gasteiger partial charge in [-0.15, -0.1) is 0 Å². The number of nitrogens with one attached hydrogen (secondary N) is 1. The van der Waals surface area contributed by atoms with Crippen molar-refractivity contribution in [1.29, 1.82) is 0 Å². The van der Waals surface area contributed by atoms with Crippen LogP contribution in [0.15, 0.2) is 42.9 Å². The Bertz CT molecular complexity index is 974. The highest BCUT2D eigenvalue weighted by Crippen LogP contribution is 2.25. The van der Waals surface area contributed by atoms with E-state index in [0.29, 0.717) is 6.42 Å². The van der Waals surface area contributed by atoms with Gasteiger partial charge in [-0.05, 0) is 63.3 Å². The number of aryl methyl sites for hydroxylation is 2. The molecule has 4 rings (SSSR count). The third kappa shape index (κ3) is 4.01. The first-order valence-electron chi connectivity index (χ1n) is 9.89. The Morgan fingerprint density at radius 1 is 1.18 bits per heavy atom. The van der Waals surface area contributed by atoms with E-state index in [1.807, 2.05) is 48.7 Å². The number of carbonyl (C=O) groups excluding carboxylic acids is 1. The zero-order chi connectivity index (χ0) is 19.5. The van der Waals surface area contributed by atoms with E-state index in [2.05, 4.69) is 15.3 Å². The molecule has 3 heterocycles. The van der Waals surface area contributed by atoms with Gasteiger partial charge >= 0.3 is 0 Å². The smallest absolute Gasteiger partial charge is 0.226 e. The monoisotopic (exact) mass is 378 g/mol. The lowest BCUT2D eigenvalue weighted by molar-refractivity contribution is -0.121. The molecule has 0 radical (unpaired) electrons. The van der Waals surface area contributed by atoms with Crippen LogP contribution in [0.2, 0.25) is 0 Å². The molecule has 1 aliphatic rings. The van der Waals surface area contributed by atoms with Crippen LogP contribution in [0.5, 0.6) is 5.75 Å². The van der Waals surface area contributed by atoms with Gasteiger partial charge in [-0.3, -0.25) is 9.78 Å². The van der Waals surface area contributed by atoms with Crippen molar-refractivity contribution in [2.45, 2.75) is 58.1 Å². The van der Waals surface area contributed by atoms with Gasteiger partial charge < -0.3 is 14.5 Å². The summed E-state index contributed by atoms with van der Waals surface area (Å²) in [6.45, 7) is 3.99. The summed E-state index contributed by atoms with van der Waals surface area (Å²) in [7, 11) is 0. The summed E-state index contributed by atoms with van der Waals surface area (Å²) in [6.07, 6.45) is 9.81. The van der Waals surface area contributed by atoms with Crippen LogP contribution in [-0.4, -0.2) is 32.4 Å². The Morgan fingerprint density at radius 3 is 2.79 bits per heavy atom. The van der Waals surface area contributed by atoms with Crippen LogP contribution in [0.1, 0.15) is 42.6 Å². The SMILES string of the molecule is Cc1ncccc1OC1CCC(NC(=O)Cc2cnc3c(C)cccn23)CC1. The molecule has 0 aliphatic heterocycles. The van der Waals surface area contributed by atoms with Crippen molar-refractivity contribution in [2.75, 3.05) is 0 Å². The summed E-state index contributed by atoms with van der Waals surface area (Å²) in [5.74, 6) is 0.911. The molecular weight excluding hydrogens is 352 g/mol. The van der Waals surface area contributed by atoms with Gasteiger partial charge in [0.05, 0.1) is 23.9 Å². The quantitative estimate of drug-likeness (QED) is 0.739. The molecule has 0 bridgehead atoms. The summed E-state index contributed by atoms with van der Waals surface area (Å²) >= 11 is 0. The van der Waals surface area contributed by atoms with Crippen molar-refractivity contribution in [3.63, 3.8) is 0 Å². The Labute approximate surface area is 165 Å². The molecule has 0 atom stereocenters. The Balaban J connectivity index is 1.29. The van der Waals surface area contributed by atoms with Gasteiger partial charge in [0, 0.05) is 24.6 Å². The second-order valence-electron chi connectivity index (χ2n) is 7.56. The Morgan fingerprint density at radius 2 is 2.00 bits per heavy atom. The van der Waals surface area contributed by atoms with Gasteiger partial charge in [0.25, 0.3) is 0 Å². The fourth-order valence-electron chi connectivity index (χ4n) is 3.87. The van der Waals surface area contributed by atoms with Crippen molar-refractivity contribution >= 4 is 11.6 Å². The van der Waals surface area contributed by atoms with E-state index in [-0.39, 0.29) is 18.1 Å². The van der Waals surface area contributed by atoms with Crippen molar-refractivity contribution in [1.82, 2.24) is 19.7 Å². The standard InChI is InChI=1S/C22H26N4O2/c1-15-5-4-12-26-18(14-24-22(15)26)13-21(27)25-17-7-9-19(10-8-17)28-20-6-3-11-23-16(20)2/h3-6,11-12,14,17,19H,7-10,13H2,1-2H3,(H,25,27). The number of hydrogen-bond acceptors (Lipinski definition) is 4. The van der Waals surface area contributed by atoms with Crippen molar-refractivity contribution < 1.29 is 9.53 Å². The van der Waals surface area contributed by atoms with Crippen LogP contribution >= 0.6 is 0 Å². The molecule has 1 aliphatic carbocycles. The Hall–Kier alpha value is -2.89. The third-order valence-corrected chi connectivity index (χ3v) is 5.44. The molecule has 0 unspecified atom stereocenters. The van der Waals surface area contributed by atoms with Crippen LogP contribution < -0.4 is 10.1 Å². The fourth-order valence-corrected chi connectivity index (χ4v) is 3.87. The number of imidazole rings is 1. The van der Waals surface area contributed by atoms with Gasteiger partial charge in [0.1, 0.15) is 11.4 Å². The largest absolute Gasteiger partial charge is 0.489 e. The van der Waals surface area contributed by atoms with E-state index in [1.165, 1.54) is 0 Å². The maximum absolute atomic E-state index is 12.5. The molecule has 1 saturated carbocycles. The van der Waals surface area contributed by atoms with Gasteiger partial charge in [-0.2, -0.15) is 0 Å². The molecule has 6 nitrogen and oxygen atoms in total. The van der Waals surface area contributed by atoms with E-state index < -0.39 is 0 Å². The van der Waals surface area contributed by atoms with Crippen LogP contribution in [0.25, 0.3) is 5.65 Å². The number of hydrogen-bond donors (Lipinski definition) is 1. The predicted octanol–water partition coefficient (Wildman–Crippen LogP) is 3.40. The molecule has 0 aromatic carbocycles. The molecule has 0 spiro atoms. The lowest BCUT2D eigenvalue weighted by Crippen LogP contribution is -2.40.